The molecule has 0 spiro atoms. The summed E-state index contributed by atoms with van der Waals surface area (Å²) in [6, 6.07) is 21.3. The van der Waals surface area contributed by atoms with Gasteiger partial charge in [-0.15, -0.1) is 0 Å². The summed E-state index contributed by atoms with van der Waals surface area (Å²) in [5.74, 6) is 1.02. The van der Waals surface area contributed by atoms with E-state index in [-0.39, 0.29) is 30.8 Å². The van der Waals surface area contributed by atoms with Gasteiger partial charge in [-0.25, -0.2) is 0 Å². The maximum Gasteiger partial charge on any atom is 0.243 e. The minimum Gasteiger partial charge on any atom is -0.497 e. The molecule has 202 valence electrons. The highest BCUT2D eigenvalue weighted by Crippen LogP contribution is 2.28. The van der Waals surface area contributed by atoms with Crippen LogP contribution in [0.25, 0.3) is 0 Å². The normalized spacial score (nSPS) is 11.6. The minimum absolute atomic E-state index is 0.0838. The van der Waals surface area contributed by atoms with Gasteiger partial charge in [-0.05, 0) is 62.2 Å². The number of nitrogens with one attached hydrogen (secondary N) is 1. The fourth-order valence-electron chi connectivity index (χ4n) is 4.02. The van der Waals surface area contributed by atoms with Crippen LogP contribution in [0.5, 0.6) is 11.5 Å². The van der Waals surface area contributed by atoms with Crippen molar-refractivity contribution >= 4 is 35.0 Å². The summed E-state index contributed by atoms with van der Waals surface area (Å²) in [7, 11) is 1.61. The van der Waals surface area contributed by atoms with Gasteiger partial charge in [0.25, 0.3) is 0 Å². The highest BCUT2D eigenvalue weighted by molar-refractivity contribution is 6.36. The lowest BCUT2D eigenvalue weighted by molar-refractivity contribution is -0.141. The molecule has 0 bridgehead atoms. The van der Waals surface area contributed by atoms with Crippen LogP contribution in [-0.2, 0) is 22.6 Å². The molecule has 0 heterocycles. The molecule has 38 heavy (non-hydrogen) atoms. The molecule has 3 aromatic carbocycles. The third-order valence-electron chi connectivity index (χ3n) is 5.96. The van der Waals surface area contributed by atoms with Crippen LogP contribution in [-0.4, -0.2) is 42.5 Å². The van der Waals surface area contributed by atoms with Crippen molar-refractivity contribution < 1.29 is 19.1 Å². The fraction of sp³-hybridized carbons (Fsp3) is 0.333. The van der Waals surface area contributed by atoms with Crippen molar-refractivity contribution in [2.75, 3.05) is 13.7 Å². The largest absolute Gasteiger partial charge is 0.497 e. The Morgan fingerprint density at radius 2 is 1.53 bits per heavy atom. The molecule has 0 fully saturated rings. The van der Waals surface area contributed by atoms with Crippen LogP contribution in [0.4, 0.5) is 0 Å². The number of halogens is 2. The molecule has 0 radical (unpaired) electrons. The molecule has 0 saturated heterocycles. The van der Waals surface area contributed by atoms with E-state index < -0.39 is 6.04 Å². The molecule has 1 atom stereocenters. The van der Waals surface area contributed by atoms with E-state index in [0.717, 1.165) is 11.3 Å². The van der Waals surface area contributed by atoms with E-state index in [0.29, 0.717) is 40.8 Å². The number of carbonyl (C=O) groups is 2. The third kappa shape index (κ3) is 8.67. The number of methoxy groups -OCH3 is 1. The maximum absolute atomic E-state index is 13.7. The van der Waals surface area contributed by atoms with Gasteiger partial charge in [-0.1, -0.05) is 59.6 Å². The van der Waals surface area contributed by atoms with Crippen LogP contribution in [0.3, 0.4) is 0 Å². The summed E-state index contributed by atoms with van der Waals surface area (Å²) in [5.41, 5.74) is 1.55. The topological polar surface area (TPSA) is 67.9 Å². The summed E-state index contributed by atoms with van der Waals surface area (Å²) in [5, 5.41) is 3.87. The van der Waals surface area contributed by atoms with E-state index in [4.69, 9.17) is 32.7 Å². The van der Waals surface area contributed by atoms with Crippen molar-refractivity contribution in [3.8, 4) is 11.5 Å². The number of rotatable bonds is 13. The first-order valence-electron chi connectivity index (χ1n) is 12.6. The van der Waals surface area contributed by atoms with E-state index in [2.05, 4.69) is 5.32 Å². The Bertz CT molecular complexity index is 1170. The number of ether oxygens (including phenoxy) is 2. The van der Waals surface area contributed by atoms with Crippen molar-refractivity contribution in [2.24, 2.45) is 0 Å². The van der Waals surface area contributed by atoms with Gasteiger partial charge < -0.3 is 19.7 Å². The summed E-state index contributed by atoms with van der Waals surface area (Å²) in [6.07, 6.45) is 1.02. The van der Waals surface area contributed by atoms with E-state index >= 15 is 0 Å². The predicted octanol–water partition coefficient (Wildman–Crippen LogP) is 6.33. The second-order valence-corrected chi connectivity index (χ2v) is 10.0. The van der Waals surface area contributed by atoms with Crippen molar-refractivity contribution in [3.63, 3.8) is 0 Å². The Morgan fingerprint density at radius 3 is 2.13 bits per heavy atom. The lowest BCUT2D eigenvalue weighted by atomic mass is 10.0. The van der Waals surface area contributed by atoms with Crippen molar-refractivity contribution in [2.45, 2.75) is 51.7 Å². The summed E-state index contributed by atoms with van der Waals surface area (Å²) < 4.78 is 11.0. The molecule has 3 rings (SSSR count). The molecule has 8 heteroatoms. The second kappa shape index (κ2) is 14.6. The number of hydrogen-bond donors (Lipinski definition) is 1. The number of hydrogen-bond acceptors (Lipinski definition) is 4. The first-order valence-corrected chi connectivity index (χ1v) is 13.4. The zero-order chi connectivity index (χ0) is 27.5. The van der Waals surface area contributed by atoms with Crippen LogP contribution in [0.15, 0.2) is 72.8 Å². The van der Waals surface area contributed by atoms with Gasteiger partial charge in [0.1, 0.15) is 17.5 Å². The van der Waals surface area contributed by atoms with Crippen LogP contribution in [0.1, 0.15) is 37.8 Å². The van der Waals surface area contributed by atoms with Crippen LogP contribution in [0.2, 0.25) is 10.0 Å². The second-order valence-electron chi connectivity index (χ2n) is 9.22. The van der Waals surface area contributed by atoms with Gasteiger partial charge in [0.05, 0.1) is 13.7 Å². The zero-order valence-corrected chi connectivity index (χ0v) is 23.5. The highest BCUT2D eigenvalue weighted by atomic mass is 35.5. The van der Waals surface area contributed by atoms with Crippen LogP contribution >= 0.6 is 23.2 Å². The van der Waals surface area contributed by atoms with Gasteiger partial charge >= 0.3 is 0 Å². The smallest absolute Gasteiger partial charge is 0.243 e. The van der Waals surface area contributed by atoms with E-state index in [9.17, 15) is 9.59 Å². The molecule has 0 aromatic heterocycles. The Hall–Kier alpha value is -3.22. The van der Waals surface area contributed by atoms with Gasteiger partial charge in [0, 0.05) is 41.0 Å². The molecule has 0 aliphatic heterocycles. The average Bonchev–Trinajstić information content (AvgIpc) is 2.90. The number of benzene rings is 3. The Kier molecular flexibility index (Phi) is 11.3. The first-order chi connectivity index (χ1) is 18.3. The lowest BCUT2D eigenvalue weighted by Gasteiger charge is -2.32. The van der Waals surface area contributed by atoms with Crippen LogP contribution in [0, 0.1) is 0 Å². The lowest BCUT2D eigenvalue weighted by Crippen LogP contribution is -2.51. The first kappa shape index (κ1) is 29.3. The number of amides is 2. The SMILES string of the molecule is COc1ccc(OCCCC(=O)N(Cc2c(Cl)cccc2Cl)C(Cc2ccccc2)C(=O)NC(C)C)cc1. The molecule has 0 aliphatic carbocycles. The number of carbonyl (C=O) groups excluding carboxylic acids is 2. The van der Waals surface area contributed by atoms with Gasteiger partial charge in [0.2, 0.25) is 11.8 Å². The molecular weight excluding hydrogens is 523 g/mol. The summed E-state index contributed by atoms with van der Waals surface area (Å²) in [6.45, 7) is 4.25. The summed E-state index contributed by atoms with van der Waals surface area (Å²) >= 11 is 12.9. The van der Waals surface area contributed by atoms with Gasteiger partial charge in [0.15, 0.2) is 0 Å². The van der Waals surface area contributed by atoms with E-state index in [1.807, 2.05) is 68.4 Å². The molecule has 1 unspecified atom stereocenters. The average molecular weight is 558 g/mol. The molecular formula is C30H34Cl2N2O4. The monoisotopic (exact) mass is 556 g/mol. The summed E-state index contributed by atoms with van der Waals surface area (Å²) in [4.78, 5) is 28.7. The third-order valence-corrected chi connectivity index (χ3v) is 6.66. The Morgan fingerprint density at radius 1 is 0.895 bits per heavy atom. The predicted molar refractivity (Wildman–Crippen MR) is 152 cm³/mol. The van der Waals surface area contributed by atoms with E-state index in [1.54, 1.807) is 30.2 Å². The van der Waals surface area contributed by atoms with Crippen LogP contribution < -0.4 is 14.8 Å². The maximum atomic E-state index is 13.7. The van der Waals surface area contributed by atoms with Crippen molar-refractivity contribution in [3.05, 3.63) is 94.0 Å². The van der Waals surface area contributed by atoms with Crippen molar-refractivity contribution in [1.29, 1.82) is 0 Å². The molecule has 0 aliphatic rings. The molecule has 0 saturated carbocycles. The number of nitrogens with zero attached hydrogens (tertiary/aromatic N) is 1. The Balaban J connectivity index is 1.81. The molecule has 6 nitrogen and oxygen atoms in total. The van der Waals surface area contributed by atoms with Crippen molar-refractivity contribution in [1.82, 2.24) is 10.2 Å². The molecule has 3 aromatic rings. The van der Waals surface area contributed by atoms with Gasteiger partial charge in [-0.2, -0.15) is 0 Å². The molecule has 2 amide bonds. The molecule has 1 N–H and O–H groups in total. The fourth-order valence-corrected chi connectivity index (χ4v) is 4.53. The minimum atomic E-state index is -0.748. The Labute approximate surface area is 234 Å². The van der Waals surface area contributed by atoms with Gasteiger partial charge in [-0.3, -0.25) is 9.59 Å². The van der Waals surface area contributed by atoms with E-state index in [1.165, 1.54) is 0 Å². The standard InChI is InChI=1S/C30H34Cl2N2O4/c1-21(2)33-30(36)28(19-22-9-5-4-6-10-22)34(20-25-26(31)11-7-12-27(25)32)29(35)13-8-18-38-24-16-14-23(37-3)15-17-24/h4-7,9-12,14-17,21,28H,8,13,18-20H2,1-3H3,(H,33,36). The zero-order valence-electron chi connectivity index (χ0n) is 22.0. The highest BCUT2D eigenvalue weighted by Gasteiger charge is 2.31. The quantitative estimate of drug-likeness (QED) is 0.250.